The van der Waals surface area contributed by atoms with Crippen LogP contribution in [0, 0.1) is 0 Å². The molecule has 0 aliphatic carbocycles. The smallest absolute Gasteiger partial charge is 0.0530 e. The average Bonchev–Trinajstić information content (AvgIpc) is 1.89. The van der Waals surface area contributed by atoms with Crippen LogP contribution in [0.5, 0.6) is 0 Å². The molecule has 0 saturated carbocycles. The summed E-state index contributed by atoms with van der Waals surface area (Å²) in [5.41, 5.74) is 2.39. The van der Waals surface area contributed by atoms with Crippen molar-refractivity contribution in [2.75, 3.05) is 0 Å². The van der Waals surface area contributed by atoms with E-state index in [1.165, 1.54) is 0 Å². The fourth-order valence-electron chi connectivity index (χ4n) is 0.320. The predicted molar refractivity (Wildman–Crippen MR) is 38.0 cm³/mol. The van der Waals surface area contributed by atoms with Gasteiger partial charge in [0.1, 0.15) is 0 Å². The molecule has 0 amide bonds. The average molecular weight is 125 g/mol. The van der Waals surface area contributed by atoms with Gasteiger partial charge in [-0.05, 0) is 13.0 Å². The summed E-state index contributed by atoms with van der Waals surface area (Å²) in [6.45, 7) is 5.38. The van der Waals surface area contributed by atoms with Gasteiger partial charge in [0.25, 0.3) is 0 Å². The monoisotopic (exact) mass is 125 g/mol. The van der Waals surface area contributed by atoms with Crippen molar-refractivity contribution in [3.63, 3.8) is 0 Å². The van der Waals surface area contributed by atoms with E-state index < -0.39 is 0 Å². The highest BCUT2D eigenvalue weighted by molar-refractivity contribution is 5.15. The molecule has 0 aliphatic rings. The van der Waals surface area contributed by atoms with Gasteiger partial charge in [0.2, 0.25) is 0 Å². The Labute approximate surface area is 55.2 Å². The van der Waals surface area contributed by atoms with Crippen molar-refractivity contribution in [3.8, 4) is 0 Å². The first-order chi connectivity index (χ1) is 4.31. The van der Waals surface area contributed by atoms with Crippen LogP contribution in [0.1, 0.15) is 6.92 Å². The molecule has 0 aromatic carbocycles. The lowest BCUT2D eigenvalue weighted by atomic mass is 10.4. The second-order valence-electron chi connectivity index (χ2n) is 1.52. The van der Waals surface area contributed by atoms with E-state index in [4.69, 9.17) is 5.21 Å². The molecule has 2 nitrogen and oxygen atoms in total. The minimum Gasteiger partial charge on any atom is -0.291 e. The van der Waals surface area contributed by atoms with Crippen molar-refractivity contribution >= 4 is 0 Å². The molecule has 0 rings (SSSR count). The highest BCUT2D eigenvalue weighted by Crippen LogP contribution is 1.84. The number of allylic oxidation sites excluding steroid dienone is 4. The Balaban J connectivity index is 3.57. The first-order valence-corrected chi connectivity index (χ1v) is 2.69. The second kappa shape index (κ2) is 5.12. The first kappa shape index (κ1) is 7.98. The Morgan fingerprint density at radius 3 is 2.67 bits per heavy atom. The normalized spacial score (nSPS) is 10.9. The fraction of sp³-hybridized carbons (Fsp3) is 0.143. The molecule has 0 aromatic rings. The molecule has 0 saturated heterocycles. The maximum Gasteiger partial charge on any atom is 0.0530 e. The third kappa shape index (κ3) is 4.84. The van der Waals surface area contributed by atoms with Crippen LogP contribution in [0.25, 0.3) is 0 Å². The van der Waals surface area contributed by atoms with Gasteiger partial charge >= 0.3 is 0 Å². The number of nitrogens with one attached hydrogen (secondary N) is 1. The molecule has 0 radical (unpaired) electrons. The van der Waals surface area contributed by atoms with Gasteiger partial charge in [-0.2, -0.15) is 0 Å². The van der Waals surface area contributed by atoms with Gasteiger partial charge in [0.15, 0.2) is 0 Å². The summed E-state index contributed by atoms with van der Waals surface area (Å²) >= 11 is 0. The van der Waals surface area contributed by atoms with Crippen LogP contribution >= 0.6 is 0 Å². The minimum atomic E-state index is 0.480. The topological polar surface area (TPSA) is 32.3 Å². The first-order valence-electron chi connectivity index (χ1n) is 2.69. The Kier molecular flexibility index (Phi) is 4.54. The van der Waals surface area contributed by atoms with Crippen molar-refractivity contribution in [2.45, 2.75) is 6.92 Å². The minimum absolute atomic E-state index is 0.480. The van der Waals surface area contributed by atoms with Crippen LogP contribution in [0.4, 0.5) is 0 Å². The van der Waals surface area contributed by atoms with Crippen molar-refractivity contribution in [3.05, 3.63) is 36.6 Å². The van der Waals surface area contributed by atoms with Gasteiger partial charge in [-0.3, -0.25) is 10.7 Å². The van der Waals surface area contributed by atoms with Crippen molar-refractivity contribution in [1.29, 1.82) is 0 Å². The van der Waals surface area contributed by atoms with Crippen molar-refractivity contribution in [1.82, 2.24) is 5.48 Å². The summed E-state index contributed by atoms with van der Waals surface area (Å²) < 4.78 is 0. The molecule has 0 bridgehead atoms. The lowest BCUT2D eigenvalue weighted by Gasteiger charge is -1.90. The molecule has 50 valence electrons. The summed E-state index contributed by atoms with van der Waals surface area (Å²) in [4.78, 5) is 0. The maximum atomic E-state index is 8.21. The summed E-state index contributed by atoms with van der Waals surface area (Å²) in [7, 11) is 0. The van der Waals surface area contributed by atoms with E-state index in [1.807, 2.05) is 24.6 Å². The number of hydrogen-bond acceptors (Lipinski definition) is 2. The molecule has 0 heterocycles. The van der Waals surface area contributed by atoms with Gasteiger partial charge < -0.3 is 0 Å². The zero-order valence-electron chi connectivity index (χ0n) is 5.46. The van der Waals surface area contributed by atoms with Crippen LogP contribution in [-0.2, 0) is 0 Å². The van der Waals surface area contributed by atoms with Crippen molar-refractivity contribution in [2.24, 2.45) is 0 Å². The highest BCUT2D eigenvalue weighted by Gasteiger charge is 1.75. The van der Waals surface area contributed by atoms with E-state index in [1.54, 1.807) is 12.2 Å². The van der Waals surface area contributed by atoms with E-state index in [0.717, 1.165) is 0 Å². The fourth-order valence-corrected chi connectivity index (χ4v) is 0.320. The van der Waals surface area contributed by atoms with E-state index in [-0.39, 0.29) is 0 Å². The third-order valence-electron chi connectivity index (χ3n) is 0.745. The Bertz CT molecular complexity index is 136. The van der Waals surface area contributed by atoms with E-state index in [0.29, 0.717) is 5.70 Å². The van der Waals surface area contributed by atoms with E-state index in [9.17, 15) is 0 Å². The highest BCUT2D eigenvalue weighted by atomic mass is 16.5. The molecule has 0 spiro atoms. The summed E-state index contributed by atoms with van der Waals surface area (Å²) in [6.07, 6.45) is 7.19. The SMILES string of the molecule is C=C(/C=C\C=C/C)NO. The van der Waals surface area contributed by atoms with Crippen LogP contribution in [-0.4, -0.2) is 5.21 Å². The Morgan fingerprint density at radius 1 is 1.56 bits per heavy atom. The maximum absolute atomic E-state index is 8.21. The lowest BCUT2D eigenvalue weighted by molar-refractivity contribution is 0.205. The molecular formula is C7H11NO. The zero-order valence-corrected chi connectivity index (χ0v) is 5.46. The third-order valence-corrected chi connectivity index (χ3v) is 0.745. The summed E-state index contributed by atoms with van der Waals surface area (Å²) in [5, 5.41) is 8.21. The standard InChI is InChI=1S/C7H11NO/c1-3-4-5-6-7(2)8-9/h3-6,8-9H,2H2,1H3/b4-3-,6-5-. The largest absolute Gasteiger partial charge is 0.291 e. The Hall–Kier alpha value is -1.02. The number of hydroxylamine groups is 1. The predicted octanol–water partition coefficient (Wildman–Crippen LogP) is 1.61. The molecule has 0 aromatic heterocycles. The molecule has 2 heteroatoms. The van der Waals surface area contributed by atoms with Crippen LogP contribution in [0.2, 0.25) is 0 Å². The molecule has 2 N–H and O–H groups in total. The van der Waals surface area contributed by atoms with E-state index in [2.05, 4.69) is 6.58 Å². The van der Waals surface area contributed by atoms with Crippen LogP contribution < -0.4 is 5.48 Å². The van der Waals surface area contributed by atoms with E-state index >= 15 is 0 Å². The van der Waals surface area contributed by atoms with Gasteiger partial charge in [-0.15, -0.1) is 0 Å². The molecule has 0 unspecified atom stereocenters. The molecule has 0 aliphatic heterocycles. The quantitative estimate of drug-likeness (QED) is 0.443. The van der Waals surface area contributed by atoms with Gasteiger partial charge in [0.05, 0.1) is 5.70 Å². The lowest BCUT2D eigenvalue weighted by Crippen LogP contribution is -2.01. The molecule has 0 atom stereocenters. The number of hydrogen-bond donors (Lipinski definition) is 2. The summed E-state index contributed by atoms with van der Waals surface area (Å²) in [6, 6.07) is 0. The molecular weight excluding hydrogens is 114 g/mol. The summed E-state index contributed by atoms with van der Waals surface area (Å²) in [5.74, 6) is 0. The molecule has 0 fully saturated rings. The Morgan fingerprint density at radius 2 is 2.22 bits per heavy atom. The van der Waals surface area contributed by atoms with Gasteiger partial charge in [0, 0.05) is 0 Å². The number of rotatable bonds is 3. The second-order valence-corrected chi connectivity index (χ2v) is 1.52. The van der Waals surface area contributed by atoms with Gasteiger partial charge in [-0.1, -0.05) is 24.8 Å². The van der Waals surface area contributed by atoms with Gasteiger partial charge in [-0.25, -0.2) is 0 Å². The van der Waals surface area contributed by atoms with Crippen LogP contribution in [0.15, 0.2) is 36.6 Å². The van der Waals surface area contributed by atoms with Crippen LogP contribution in [0.3, 0.4) is 0 Å². The van der Waals surface area contributed by atoms with Crippen molar-refractivity contribution < 1.29 is 5.21 Å². The molecule has 9 heavy (non-hydrogen) atoms. The zero-order chi connectivity index (χ0) is 7.11.